The van der Waals surface area contributed by atoms with Gasteiger partial charge in [0, 0.05) is 5.75 Å². The molecule has 16 heavy (non-hydrogen) atoms. The van der Waals surface area contributed by atoms with Gasteiger partial charge in [0.05, 0.1) is 0 Å². The molecule has 1 rings (SSSR count). The van der Waals surface area contributed by atoms with E-state index in [1.54, 1.807) is 17.8 Å². The number of benzene rings is 1. The maximum absolute atomic E-state index is 12.4. The van der Waals surface area contributed by atoms with Gasteiger partial charge in [-0.15, -0.1) is 5.46 Å². The standard InChI is InChI=1S/C10H13BF3S.K/c1-2-6-15-8-9-4-3-5-10(7-9)11(12,13)14;/h3-5,7H,2,6,8H2,1H3;/q-1;+1. The van der Waals surface area contributed by atoms with Crippen LogP contribution in [0.2, 0.25) is 0 Å². The second kappa shape index (κ2) is 8.21. The minimum absolute atomic E-state index is 0. The zero-order valence-electron chi connectivity index (χ0n) is 9.55. The van der Waals surface area contributed by atoms with Crippen molar-refractivity contribution in [2.75, 3.05) is 5.75 Å². The van der Waals surface area contributed by atoms with Crippen molar-refractivity contribution in [2.24, 2.45) is 0 Å². The zero-order valence-corrected chi connectivity index (χ0v) is 13.5. The summed E-state index contributed by atoms with van der Waals surface area (Å²) in [6.45, 7) is -2.80. The predicted molar refractivity (Wildman–Crippen MR) is 61.6 cm³/mol. The van der Waals surface area contributed by atoms with E-state index < -0.39 is 12.4 Å². The molecule has 0 aliphatic heterocycles. The molecular weight excluding hydrogens is 259 g/mol. The van der Waals surface area contributed by atoms with Crippen molar-refractivity contribution in [2.45, 2.75) is 19.1 Å². The minimum atomic E-state index is -4.86. The monoisotopic (exact) mass is 272 g/mol. The number of hydrogen-bond donors (Lipinski definition) is 0. The molecule has 0 N–H and O–H groups in total. The molecule has 0 heterocycles. The summed E-state index contributed by atoms with van der Waals surface area (Å²) in [5.41, 5.74) is 0.259. The molecule has 0 saturated carbocycles. The summed E-state index contributed by atoms with van der Waals surface area (Å²) in [5.74, 6) is 1.65. The van der Waals surface area contributed by atoms with E-state index in [-0.39, 0.29) is 51.4 Å². The molecule has 1 aromatic carbocycles. The molecule has 0 radical (unpaired) electrons. The van der Waals surface area contributed by atoms with Crippen LogP contribution in [-0.2, 0) is 5.75 Å². The summed E-state index contributed by atoms with van der Waals surface area (Å²) in [7, 11) is 0. The average molecular weight is 272 g/mol. The van der Waals surface area contributed by atoms with Crippen LogP contribution in [0.4, 0.5) is 12.9 Å². The van der Waals surface area contributed by atoms with Gasteiger partial charge in [0.15, 0.2) is 0 Å². The van der Waals surface area contributed by atoms with Crippen molar-refractivity contribution in [1.82, 2.24) is 0 Å². The van der Waals surface area contributed by atoms with Gasteiger partial charge in [-0.25, -0.2) is 0 Å². The predicted octanol–water partition coefficient (Wildman–Crippen LogP) is 0.388. The number of rotatable bonds is 5. The first-order valence-corrected chi connectivity index (χ1v) is 6.06. The summed E-state index contributed by atoms with van der Waals surface area (Å²) >= 11 is 1.67. The van der Waals surface area contributed by atoms with E-state index in [1.165, 1.54) is 12.1 Å². The molecule has 0 saturated heterocycles. The first-order valence-electron chi connectivity index (χ1n) is 4.90. The fourth-order valence-electron chi connectivity index (χ4n) is 1.22. The van der Waals surface area contributed by atoms with Crippen molar-refractivity contribution in [3.63, 3.8) is 0 Å². The number of halogens is 3. The van der Waals surface area contributed by atoms with Crippen LogP contribution in [0.1, 0.15) is 18.9 Å². The molecular formula is C10H13BF3KS. The van der Waals surface area contributed by atoms with Crippen LogP contribution in [0.15, 0.2) is 24.3 Å². The molecule has 6 heteroatoms. The van der Waals surface area contributed by atoms with Gasteiger partial charge in [-0.2, -0.15) is 11.8 Å². The number of hydrogen-bond acceptors (Lipinski definition) is 1. The normalized spacial score (nSPS) is 11.0. The molecule has 0 aliphatic rings. The van der Waals surface area contributed by atoms with E-state index >= 15 is 0 Å². The van der Waals surface area contributed by atoms with E-state index in [0.717, 1.165) is 23.8 Å². The Hall–Kier alpha value is 1.06. The Bertz CT molecular complexity index is 317. The Morgan fingerprint density at radius 3 is 2.50 bits per heavy atom. The summed E-state index contributed by atoms with van der Waals surface area (Å²) < 4.78 is 37.2. The van der Waals surface area contributed by atoms with Crippen LogP contribution in [0, 0.1) is 0 Å². The van der Waals surface area contributed by atoms with Crippen LogP contribution in [0.25, 0.3) is 0 Å². The third kappa shape index (κ3) is 6.12. The molecule has 0 atom stereocenters. The van der Waals surface area contributed by atoms with E-state index in [0.29, 0.717) is 5.75 Å². The topological polar surface area (TPSA) is 0 Å². The van der Waals surface area contributed by atoms with Crippen LogP contribution in [0.3, 0.4) is 0 Å². The maximum Gasteiger partial charge on any atom is 1.00 e. The molecule has 0 fully saturated rings. The van der Waals surface area contributed by atoms with Crippen LogP contribution in [0.5, 0.6) is 0 Å². The molecule has 0 spiro atoms. The van der Waals surface area contributed by atoms with Crippen LogP contribution >= 0.6 is 11.8 Å². The minimum Gasteiger partial charge on any atom is -0.445 e. The second-order valence-corrected chi connectivity index (χ2v) is 4.48. The van der Waals surface area contributed by atoms with E-state index in [2.05, 4.69) is 6.92 Å². The van der Waals surface area contributed by atoms with Gasteiger partial charge < -0.3 is 12.9 Å². The Balaban J connectivity index is 0.00000225. The van der Waals surface area contributed by atoms with E-state index in [1.807, 2.05) is 0 Å². The summed E-state index contributed by atoms with van der Waals surface area (Å²) in [6, 6.07) is 5.61. The molecule has 84 valence electrons. The van der Waals surface area contributed by atoms with Crippen molar-refractivity contribution in [3.05, 3.63) is 29.8 Å². The quantitative estimate of drug-likeness (QED) is 0.552. The molecule has 0 nitrogen and oxygen atoms in total. The molecule has 0 unspecified atom stereocenters. The fraction of sp³-hybridized carbons (Fsp3) is 0.400. The maximum atomic E-state index is 12.4. The van der Waals surface area contributed by atoms with E-state index in [9.17, 15) is 12.9 Å². The van der Waals surface area contributed by atoms with E-state index in [4.69, 9.17) is 0 Å². The fourth-order valence-corrected chi connectivity index (χ4v) is 2.07. The van der Waals surface area contributed by atoms with Gasteiger partial charge in [-0.1, -0.05) is 31.2 Å². The molecule has 0 aliphatic carbocycles. The molecule has 1 aromatic rings. The largest absolute Gasteiger partial charge is 1.00 e. The third-order valence-electron chi connectivity index (χ3n) is 1.95. The third-order valence-corrected chi connectivity index (χ3v) is 3.18. The Morgan fingerprint density at radius 2 is 1.94 bits per heavy atom. The van der Waals surface area contributed by atoms with Crippen molar-refractivity contribution in [1.29, 1.82) is 0 Å². The van der Waals surface area contributed by atoms with Gasteiger partial charge in [0.2, 0.25) is 0 Å². The van der Waals surface area contributed by atoms with Gasteiger partial charge in [0.1, 0.15) is 0 Å². The zero-order chi connectivity index (χ0) is 11.3. The van der Waals surface area contributed by atoms with Gasteiger partial charge in [-0.3, -0.25) is 0 Å². The van der Waals surface area contributed by atoms with Crippen molar-refractivity contribution >= 4 is 24.2 Å². The molecule has 0 aromatic heterocycles. The van der Waals surface area contributed by atoms with Crippen molar-refractivity contribution < 1.29 is 64.3 Å². The number of thioether (sulfide) groups is 1. The summed E-state index contributed by atoms with van der Waals surface area (Å²) in [5, 5.41) is 0. The Kier molecular flexibility index (Phi) is 8.76. The van der Waals surface area contributed by atoms with Crippen molar-refractivity contribution in [3.8, 4) is 0 Å². The first-order chi connectivity index (χ1) is 7.04. The molecule has 0 bridgehead atoms. The Morgan fingerprint density at radius 1 is 1.25 bits per heavy atom. The summed E-state index contributed by atoms with van der Waals surface area (Å²) in [4.78, 5) is 0. The second-order valence-electron chi connectivity index (χ2n) is 3.37. The summed E-state index contributed by atoms with van der Waals surface area (Å²) in [6.07, 6.45) is 1.05. The SMILES string of the molecule is CCCSCc1cccc([B-](F)(F)F)c1.[K+]. The van der Waals surface area contributed by atoms with Gasteiger partial charge in [0.25, 0.3) is 0 Å². The van der Waals surface area contributed by atoms with Gasteiger partial charge >= 0.3 is 58.4 Å². The first kappa shape index (κ1) is 17.1. The van der Waals surface area contributed by atoms with Crippen LogP contribution in [-0.4, -0.2) is 12.7 Å². The Labute approximate surface area is 141 Å². The van der Waals surface area contributed by atoms with Gasteiger partial charge in [-0.05, 0) is 17.7 Å². The smallest absolute Gasteiger partial charge is 0.445 e. The molecule has 0 amide bonds. The van der Waals surface area contributed by atoms with Crippen LogP contribution < -0.4 is 56.8 Å². The average Bonchev–Trinajstić information content (AvgIpc) is 2.17.